The molecule has 25 heavy (non-hydrogen) atoms. The predicted molar refractivity (Wildman–Crippen MR) is 97.2 cm³/mol. The Morgan fingerprint density at radius 3 is 2.52 bits per heavy atom. The van der Waals surface area contributed by atoms with Crippen molar-refractivity contribution in [2.24, 2.45) is 0 Å². The fraction of sp³-hybridized carbons (Fsp3) is 0.737. The molecule has 2 aliphatic rings. The molecule has 0 aliphatic heterocycles. The maximum Gasteiger partial charge on any atom is 0.226 e. The summed E-state index contributed by atoms with van der Waals surface area (Å²) in [6.45, 7) is 0. The molecule has 2 aliphatic carbocycles. The average Bonchev–Trinajstić information content (AvgIpc) is 3.31. The monoisotopic (exact) mass is 346 g/mol. The quantitative estimate of drug-likeness (QED) is 0.857. The zero-order valence-electron chi connectivity index (χ0n) is 15.2. The molecule has 0 radical (unpaired) electrons. The van der Waals surface area contributed by atoms with Gasteiger partial charge < -0.3 is 10.2 Å². The minimum absolute atomic E-state index is 0.0753. The van der Waals surface area contributed by atoms with Crippen LogP contribution in [0.2, 0.25) is 0 Å². The molecule has 2 fully saturated rings. The minimum atomic E-state index is -0.106. The Morgan fingerprint density at radius 2 is 1.80 bits per heavy atom. The molecule has 2 amide bonds. The Bertz CT molecular complexity index is 586. The highest BCUT2D eigenvalue weighted by atomic mass is 16.2. The van der Waals surface area contributed by atoms with Crippen molar-refractivity contribution in [1.82, 2.24) is 14.7 Å². The number of aromatic nitrogens is 2. The van der Waals surface area contributed by atoms with Gasteiger partial charge in [-0.05, 0) is 25.7 Å². The van der Waals surface area contributed by atoms with Crippen LogP contribution < -0.4 is 5.32 Å². The van der Waals surface area contributed by atoms with Crippen molar-refractivity contribution in [1.29, 1.82) is 0 Å². The molecule has 0 atom stereocenters. The van der Waals surface area contributed by atoms with E-state index in [1.807, 2.05) is 22.7 Å². The van der Waals surface area contributed by atoms with Crippen molar-refractivity contribution in [2.45, 2.75) is 82.7 Å². The predicted octanol–water partition coefficient (Wildman–Crippen LogP) is 3.51. The number of nitrogens with zero attached hydrogens (tertiary/aromatic N) is 3. The van der Waals surface area contributed by atoms with E-state index in [4.69, 9.17) is 0 Å². The summed E-state index contributed by atoms with van der Waals surface area (Å²) in [5.41, 5.74) is 0. The van der Waals surface area contributed by atoms with Crippen molar-refractivity contribution in [3.63, 3.8) is 0 Å². The Morgan fingerprint density at radius 1 is 1.12 bits per heavy atom. The van der Waals surface area contributed by atoms with Gasteiger partial charge in [0, 0.05) is 32.0 Å². The molecule has 1 aromatic heterocycles. The number of hydrogen-bond acceptors (Lipinski definition) is 3. The van der Waals surface area contributed by atoms with Crippen LogP contribution in [0.4, 0.5) is 5.82 Å². The van der Waals surface area contributed by atoms with Gasteiger partial charge >= 0.3 is 0 Å². The maximum atomic E-state index is 12.4. The van der Waals surface area contributed by atoms with Crippen molar-refractivity contribution < 1.29 is 9.59 Å². The fourth-order valence-corrected chi connectivity index (χ4v) is 4.13. The van der Waals surface area contributed by atoms with E-state index in [-0.39, 0.29) is 24.7 Å². The lowest BCUT2D eigenvalue weighted by molar-refractivity contribution is -0.134. The molecule has 6 heteroatoms. The van der Waals surface area contributed by atoms with E-state index in [2.05, 4.69) is 10.4 Å². The number of rotatable bonds is 6. The summed E-state index contributed by atoms with van der Waals surface area (Å²) >= 11 is 0. The maximum absolute atomic E-state index is 12.4. The summed E-state index contributed by atoms with van der Waals surface area (Å²) in [4.78, 5) is 26.5. The van der Waals surface area contributed by atoms with Gasteiger partial charge in [0.25, 0.3) is 0 Å². The molecule has 138 valence electrons. The number of anilines is 1. The van der Waals surface area contributed by atoms with Gasteiger partial charge in [-0.1, -0.05) is 32.1 Å². The lowest BCUT2D eigenvalue weighted by atomic mass is 9.94. The van der Waals surface area contributed by atoms with Crippen LogP contribution in [0.15, 0.2) is 12.3 Å². The molecule has 1 aromatic rings. The summed E-state index contributed by atoms with van der Waals surface area (Å²) in [7, 11) is 1.88. The van der Waals surface area contributed by atoms with Crippen LogP contribution in [-0.2, 0) is 9.59 Å². The van der Waals surface area contributed by atoms with Gasteiger partial charge in [0.2, 0.25) is 11.8 Å². The Labute approximate surface area is 149 Å². The molecule has 2 saturated carbocycles. The summed E-state index contributed by atoms with van der Waals surface area (Å²) in [5.74, 6) is 0.724. The van der Waals surface area contributed by atoms with Crippen LogP contribution in [0.25, 0.3) is 0 Å². The molecule has 0 spiro atoms. The van der Waals surface area contributed by atoms with E-state index < -0.39 is 0 Å². The van der Waals surface area contributed by atoms with Gasteiger partial charge in [-0.15, -0.1) is 0 Å². The second-order valence-corrected chi connectivity index (χ2v) is 7.44. The SMILES string of the molecule is CN(C(=O)CCC(=O)Nc1ccnn1C1CCCC1)C1CCCCC1. The molecular weight excluding hydrogens is 316 g/mol. The minimum Gasteiger partial charge on any atom is -0.343 e. The largest absolute Gasteiger partial charge is 0.343 e. The van der Waals surface area contributed by atoms with Crippen molar-refractivity contribution in [3.8, 4) is 0 Å². The number of carbonyl (C=O) groups is 2. The first-order valence-corrected chi connectivity index (χ1v) is 9.74. The van der Waals surface area contributed by atoms with Gasteiger partial charge in [-0.3, -0.25) is 9.59 Å². The van der Waals surface area contributed by atoms with Crippen molar-refractivity contribution >= 4 is 17.6 Å². The van der Waals surface area contributed by atoms with Crippen molar-refractivity contribution in [2.75, 3.05) is 12.4 Å². The van der Waals surface area contributed by atoms with Crippen LogP contribution in [0, 0.1) is 0 Å². The first kappa shape index (κ1) is 18.0. The smallest absolute Gasteiger partial charge is 0.226 e. The molecule has 0 saturated heterocycles. The average molecular weight is 346 g/mol. The van der Waals surface area contributed by atoms with Crippen LogP contribution >= 0.6 is 0 Å². The highest BCUT2D eigenvalue weighted by Crippen LogP contribution is 2.31. The number of hydrogen-bond donors (Lipinski definition) is 1. The Hall–Kier alpha value is -1.85. The van der Waals surface area contributed by atoms with Gasteiger partial charge in [0.05, 0.1) is 12.2 Å². The molecule has 0 aromatic carbocycles. The molecule has 3 rings (SSSR count). The summed E-state index contributed by atoms with van der Waals surface area (Å²) in [5, 5.41) is 7.29. The van der Waals surface area contributed by atoms with Gasteiger partial charge in [-0.2, -0.15) is 5.10 Å². The van der Waals surface area contributed by atoms with E-state index in [0.29, 0.717) is 12.1 Å². The highest BCUT2D eigenvalue weighted by Gasteiger charge is 2.23. The van der Waals surface area contributed by atoms with Gasteiger partial charge in [0.15, 0.2) is 0 Å². The van der Waals surface area contributed by atoms with Crippen LogP contribution in [0.3, 0.4) is 0 Å². The molecule has 0 unspecified atom stereocenters. The van der Waals surface area contributed by atoms with Crippen LogP contribution in [0.1, 0.15) is 76.7 Å². The van der Waals surface area contributed by atoms with Crippen LogP contribution in [-0.4, -0.2) is 39.6 Å². The second kappa shape index (κ2) is 8.50. The third kappa shape index (κ3) is 4.61. The molecule has 1 N–H and O–H groups in total. The van der Waals surface area contributed by atoms with Gasteiger partial charge in [0.1, 0.15) is 5.82 Å². The standard InChI is InChI=1S/C19H30N4O2/c1-22(15-7-3-2-4-8-15)19(25)12-11-18(24)21-17-13-14-20-23(17)16-9-5-6-10-16/h13-16H,2-12H2,1H3,(H,21,24). The Kier molecular flexibility index (Phi) is 6.10. The number of amides is 2. The van der Waals surface area contributed by atoms with Crippen LogP contribution in [0.5, 0.6) is 0 Å². The number of nitrogens with one attached hydrogen (secondary N) is 1. The van der Waals surface area contributed by atoms with E-state index in [1.165, 1.54) is 32.1 Å². The van der Waals surface area contributed by atoms with E-state index in [1.54, 1.807) is 6.20 Å². The van der Waals surface area contributed by atoms with E-state index in [9.17, 15) is 9.59 Å². The highest BCUT2D eigenvalue weighted by molar-refractivity contribution is 5.92. The van der Waals surface area contributed by atoms with Crippen molar-refractivity contribution in [3.05, 3.63) is 12.3 Å². The molecule has 0 bridgehead atoms. The lowest BCUT2D eigenvalue weighted by Gasteiger charge is -2.31. The first-order chi connectivity index (χ1) is 12.1. The summed E-state index contributed by atoms with van der Waals surface area (Å²) in [6, 6.07) is 2.59. The fourth-order valence-electron chi connectivity index (χ4n) is 4.13. The topological polar surface area (TPSA) is 67.2 Å². The zero-order valence-corrected chi connectivity index (χ0v) is 15.2. The first-order valence-electron chi connectivity index (χ1n) is 9.74. The Balaban J connectivity index is 1.46. The second-order valence-electron chi connectivity index (χ2n) is 7.44. The van der Waals surface area contributed by atoms with E-state index >= 15 is 0 Å². The van der Waals surface area contributed by atoms with E-state index in [0.717, 1.165) is 31.5 Å². The molecule has 1 heterocycles. The third-order valence-corrected chi connectivity index (χ3v) is 5.69. The third-order valence-electron chi connectivity index (χ3n) is 5.69. The lowest BCUT2D eigenvalue weighted by Crippen LogP contribution is -2.38. The van der Waals surface area contributed by atoms with Gasteiger partial charge in [-0.25, -0.2) is 4.68 Å². The zero-order chi connectivity index (χ0) is 17.6. The molecular formula is C19H30N4O2. The number of carbonyl (C=O) groups excluding carboxylic acids is 2. The summed E-state index contributed by atoms with van der Waals surface area (Å²) < 4.78 is 1.93. The molecule has 6 nitrogen and oxygen atoms in total. The summed E-state index contributed by atoms with van der Waals surface area (Å²) in [6.07, 6.45) is 12.8. The normalized spacial score (nSPS) is 19.1.